The molecule has 4 heterocycles. The van der Waals surface area contributed by atoms with Crippen molar-refractivity contribution in [1.82, 2.24) is 24.7 Å². The van der Waals surface area contributed by atoms with Crippen molar-refractivity contribution in [2.24, 2.45) is 0 Å². The van der Waals surface area contributed by atoms with E-state index in [9.17, 15) is 0 Å². The van der Waals surface area contributed by atoms with Crippen LogP contribution in [0.2, 0.25) is 0 Å². The van der Waals surface area contributed by atoms with Gasteiger partial charge in [0.1, 0.15) is 5.75 Å². The van der Waals surface area contributed by atoms with Crippen LogP contribution in [0.1, 0.15) is 124 Å². The molecule has 4 rings (SSSR count). The van der Waals surface area contributed by atoms with Crippen LogP contribution in [0, 0.1) is 0 Å². The van der Waals surface area contributed by atoms with Crippen LogP contribution in [0.4, 0.5) is 0 Å². The normalized spacial score (nSPS) is 14.5. The second-order valence-electron chi connectivity index (χ2n) is 11.3. The molecule has 7 heteroatoms. The average molecular weight is 666 g/mol. The largest absolute Gasteiger partial charge is 0.489 e. The third kappa shape index (κ3) is 31.0. The van der Waals surface area contributed by atoms with Gasteiger partial charge in [0.2, 0.25) is 0 Å². The Morgan fingerprint density at radius 3 is 1.43 bits per heavy atom. The maximum absolute atomic E-state index is 5.35. The monoisotopic (exact) mass is 666 g/mol. The van der Waals surface area contributed by atoms with Gasteiger partial charge in [-0.2, -0.15) is 0 Å². The Labute approximate surface area is 293 Å². The molecule has 0 radical (unpaired) electrons. The SMILES string of the molecule is C.CC.CC.CC.CC(C)N1CCCCC1.CC(C)N1CCN(C)CC1.CC(C)Oc1cccnc1.CC(C)Sc1cccnc1. The number of ether oxygens (including phenoxy) is 1. The van der Waals surface area contributed by atoms with Crippen LogP contribution in [0.5, 0.6) is 5.75 Å². The number of piperazine rings is 1. The second-order valence-corrected chi connectivity index (χ2v) is 13.0. The van der Waals surface area contributed by atoms with E-state index in [0.29, 0.717) is 5.25 Å². The highest BCUT2D eigenvalue weighted by molar-refractivity contribution is 7.99. The second kappa shape index (κ2) is 36.2. The Bertz CT molecular complexity index is 762. The van der Waals surface area contributed by atoms with Crippen LogP contribution in [0.3, 0.4) is 0 Å². The topological polar surface area (TPSA) is 44.7 Å². The molecule has 2 aromatic rings. The lowest BCUT2D eigenvalue weighted by Gasteiger charge is -2.34. The molecule has 2 saturated heterocycles. The number of hydrogen-bond acceptors (Lipinski definition) is 7. The molecule has 0 saturated carbocycles. The standard InChI is InChI=1S/C8H18N2.C8H11NO.C8H11NS.C8H17N.3C2H6.CH4/c1-8(2)10-6-4-9(3)5-7-10;2*1-7(2)10-8-4-3-5-9-6-8;1-8(2)9-6-4-3-5-7-9;3*1-2;/h8H,4-7H2,1-3H3;2*3-7H,1-2H3;8H,3-7H2,1-2H3;3*1-2H3;1H4. The summed E-state index contributed by atoms with van der Waals surface area (Å²) in [7, 11) is 2.19. The number of likely N-dealkylation sites (N-methyl/N-ethyl adjacent to an activating group) is 1. The molecule has 2 aliphatic rings. The first-order valence-electron chi connectivity index (χ1n) is 17.9. The summed E-state index contributed by atoms with van der Waals surface area (Å²) >= 11 is 1.84. The number of nitrogens with zero attached hydrogens (tertiary/aromatic N) is 5. The van der Waals surface area contributed by atoms with Crippen LogP contribution in [0.15, 0.2) is 53.9 Å². The summed E-state index contributed by atoms with van der Waals surface area (Å²) in [6.07, 6.45) is 11.6. The molecule has 0 bridgehead atoms. The summed E-state index contributed by atoms with van der Waals surface area (Å²) in [4.78, 5) is 16.7. The van der Waals surface area contributed by atoms with E-state index in [1.54, 1.807) is 18.6 Å². The van der Waals surface area contributed by atoms with E-state index in [1.165, 1.54) is 63.4 Å². The lowest BCUT2D eigenvalue weighted by molar-refractivity contribution is 0.126. The van der Waals surface area contributed by atoms with Gasteiger partial charge in [0.25, 0.3) is 0 Å². The fourth-order valence-electron chi connectivity index (χ4n) is 4.15. The van der Waals surface area contributed by atoms with Gasteiger partial charge in [-0.3, -0.25) is 14.9 Å². The zero-order chi connectivity index (χ0) is 35.0. The van der Waals surface area contributed by atoms with Gasteiger partial charge in [-0.05, 0) is 98.8 Å². The summed E-state index contributed by atoms with van der Waals surface area (Å²) in [5, 5.41) is 0.643. The highest BCUT2D eigenvalue weighted by Gasteiger charge is 2.15. The minimum atomic E-state index is 0. The summed E-state index contributed by atoms with van der Waals surface area (Å²) in [5.41, 5.74) is 0. The Hall–Kier alpha value is -1.67. The van der Waals surface area contributed by atoms with E-state index in [-0.39, 0.29) is 13.5 Å². The van der Waals surface area contributed by atoms with E-state index in [2.05, 4.69) is 79.3 Å². The molecule has 272 valence electrons. The predicted octanol–water partition coefficient (Wildman–Crippen LogP) is 10.7. The zero-order valence-corrected chi connectivity index (χ0v) is 33.2. The lowest BCUT2D eigenvalue weighted by Crippen LogP contribution is -2.47. The molecule has 0 aliphatic carbocycles. The van der Waals surface area contributed by atoms with Crippen molar-refractivity contribution in [2.45, 2.75) is 152 Å². The molecule has 46 heavy (non-hydrogen) atoms. The van der Waals surface area contributed by atoms with Gasteiger partial charge in [-0.1, -0.05) is 69.2 Å². The first-order valence-corrected chi connectivity index (χ1v) is 18.8. The number of piperidine rings is 1. The number of thioether (sulfide) groups is 1. The Balaban J connectivity index is -0.000000240. The molecule has 0 N–H and O–H groups in total. The summed E-state index contributed by atoms with van der Waals surface area (Å²) in [5.74, 6) is 0.831. The van der Waals surface area contributed by atoms with Gasteiger partial charge < -0.3 is 14.5 Å². The minimum absolute atomic E-state index is 0. The van der Waals surface area contributed by atoms with Gasteiger partial charge in [0, 0.05) is 67.0 Å². The van der Waals surface area contributed by atoms with Crippen molar-refractivity contribution in [3.05, 3.63) is 49.1 Å². The van der Waals surface area contributed by atoms with E-state index in [0.717, 1.165) is 17.8 Å². The number of pyridine rings is 2. The summed E-state index contributed by atoms with van der Waals surface area (Å²) < 4.78 is 5.35. The van der Waals surface area contributed by atoms with Crippen molar-refractivity contribution in [3.63, 3.8) is 0 Å². The molecule has 0 unspecified atom stereocenters. The molecule has 0 amide bonds. The van der Waals surface area contributed by atoms with Gasteiger partial charge in [-0.15, -0.1) is 11.8 Å². The summed E-state index contributed by atoms with van der Waals surface area (Å²) in [6.45, 7) is 37.1. The zero-order valence-electron chi connectivity index (χ0n) is 32.3. The third-order valence-electron chi connectivity index (χ3n) is 6.40. The first-order chi connectivity index (χ1) is 21.6. The summed E-state index contributed by atoms with van der Waals surface area (Å²) in [6, 6.07) is 9.30. The van der Waals surface area contributed by atoms with E-state index < -0.39 is 0 Å². The number of aromatic nitrogens is 2. The van der Waals surface area contributed by atoms with Gasteiger partial charge >= 0.3 is 0 Å². The number of likely N-dealkylation sites (tertiary alicyclic amines) is 1. The van der Waals surface area contributed by atoms with Crippen molar-refractivity contribution in [3.8, 4) is 5.75 Å². The smallest absolute Gasteiger partial charge is 0.137 e. The van der Waals surface area contributed by atoms with Crippen molar-refractivity contribution < 1.29 is 4.74 Å². The van der Waals surface area contributed by atoms with Gasteiger partial charge in [-0.25, -0.2) is 0 Å². The highest BCUT2D eigenvalue weighted by atomic mass is 32.2. The Kier molecular flexibility index (Phi) is 40.2. The molecule has 0 aromatic carbocycles. The molecule has 0 atom stereocenters. The van der Waals surface area contributed by atoms with Crippen LogP contribution >= 0.6 is 11.8 Å². The average Bonchev–Trinajstić information content (AvgIpc) is 3.06. The van der Waals surface area contributed by atoms with Crippen LogP contribution < -0.4 is 4.74 Å². The fraction of sp³-hybridized carbons (Fsp3) is 0.744. The molecule has 2 fully saturated rings. The van der Waals surface area contributed by atoms with E-state index in [1.807, 2.05) is 91.5 Å². The number of rotatable bonds is 6. The lowest BCUT2D eigenvalue weighted by atomic mass is 10.1. The minimum Gasteiger partial charge on any atom is -0.489 e. The molecule has 2 aromatic heterocycles. The highest BCUT2D eigenvalue weighted by Crippen LogP contribution is 2.20. The maximum atomic E-state index is 5.35. The van der Waals surface area contributed by atoms with E-state index in [4.69, 9.17) is 4.74 Å². The van der Waals surface area contributed by atoms with Crippen LogP contribution in [0.25, 0.3) is 0 Å². The van der Waals surface area contributed by atoms with Gasteiger partial charge in [0.05, 0.1) is 12.3 Å². The molecular weight excluding hydrogens is 587 g/mol. The molecule has 0 spiro atoms. The molecular formula is C39H79N5OS. The first kappa shape index (κ1) is 51.2. The quantitative estimate of drug-likeness (QED) is 0.285. The number of hydrogen-bond donors (Lipinski definition) is 0. The van der Waals surface area contributed by atoms with Crippen LogP contribution in [-0.4, -0.2) is 94.4 Å². The van der Waals surface area contributed by atoms with Crippen molar-refractivity contribution in [2.75, 3.05) is 46.3 Å². The van der Waals surface area contributed by atoms with Crippen molar-refractivity contribution in [1.29, 1.82) is 0 Å². The van der Waals surface area contributed by atoms with Crippen molar-refractivity contribution >= 4 is 11.8 Å². The molecule has 6 nitrogen and oxygen atoms in total. The maximum Gasteiger partial charge on any atom is 0.137 e. The predicted molar refractivity (Wildman–Crippen MR) is 211 cm³/mol. The Morgan fingerprint density at radius 2 is 1.09 bits per heavy atom. The fourth-order valence-corrected chi connectivity index (χ4v) is 4.97. The van der Waals surface area contributed by atoms with Crippen LogP contribution in [-0.2, 0) is 0 Å². The van der Waals surface area contributed by atoms with Gasteiger partial charge in [0.15, 0.2) is 0 Å². The molecule has 2 aliphatic heterocycles. The Morgan fingerprint density at radius 1 is 0.630 bits per heavy atom. The van der Waals surface area contributed by atoms with E-state index >= 15 is 0 Å². The third-order valence-corrected chi connectivity index (χ3v) is 7.39.